The van der Waals surface area contributed by atoms with Crippen molar-refractivity contribution in [2.75, 3.05) is 5.32 Å². The Hall–Kier alpha value is -3.21. The number of anilines is 1. The molecule has 0 spiro atoms. The summed E-state index contributed by atoms with van der Waals surface area (Å²) < 4.78 is 64.4. The molecule has 0 unspecified atom stereocenters. The van der Waals surface area contributed by atoms with Gasteiger partial charge in [-0.15, -0.1) is 0 Å². The van der Waals surface area contributed by atoms with Crippen LogP contribution in [0.5, 0.6) is 5.75 Å². The Kier molecular flexibility index (Phi) is 6.64. The molecule has 1 aliphatic rings. The smallest absolute Gasteiger partial charge is 0.387 e. The maximum absolute atomic E-state index is 14.4. The number of aromatic nitrogens is 1. The molecule has 3 rings (SSSR count). The number of aryl methyl sites for hydroxylation is 1. The SMILES string of the molecule is Cc1cnc(C(N)=O)cc1NC(=O)[C@H]1OC(C)(C)[C@H](C)[C@@H]1c1ccc(F)c(F)c1OC(F)F. The lowest BCUT2D eigenvalue weighted by Gasteiger charge is -2.26. The van der Waals surface area contributed by atoms with Gasteiger partial charge in [-0.25, -0.2) is 4.39 Å². The number of hydrogen-bond donors (Lipinski definition) is 2. The van der Waals surface area contributed by atoms with Crippen molar-refractivity contribution in [1.82, 2.24) is 4.98 Å². The fourth-order valence-corrected chi connectivity index (χ4v) is 3.87. The van der Waals surface area contributed by atoms with Crippen molar-refractivity contribution in [3.05, 3.63) is 52.9 Å². The summed E-state index contributed by atoms with van der Waals surface area (Å²) in [5, 5.41) is 2.62. The molecule has 1 aromatic heterocycles. The first-order chi connectivity index (χ1) is 15.3. The van der Waals surface area contributed by atoms with Crippen LogP contribution in [0.4, 0.5) is 23.2 Å². The second-order valence-corrected chi connectivity index (χ2v) is 8.35. The summed E-state index contributed by atoms with van der Waals surface area (Å²) in [6, 6.07) is 3.17. The molecule has 2 amide bonds. The number of carbonyl (C=O) groups is 2. The topological polar surface area (TPSA) is 104 Å². The Morgan fingerprint density at radius 3 is 2.55 bits per heavy atom. The summed E-state index contributed by atoms with van der Waals surface area (Å²) in [7, 11) is 0. The number of halogens is 4. The lowest BCUT2D eigenvalue weighted by atomic mass is 9.78. The monoisotopic (exact) mass is 469 g/mol. The van der Waals surface area contributed by atoms with E-state index in [1.54, 1.807) is 27.7 Å². The van der Waals surface area contributed by atoms with E-state index in [0.717, 1.165) is 12.1 Å². The van der Waals surface area contributed by atoms with Gasteiger partial charge in [0.05, 0.1) is 5.60 Å². The van der Waals surface area contributed by atoms with Gasteiger partial charge in [0.2, 0.25) is 5.82 Å². The van der Waals surface area contributed by atoms with E-state index >= 15 is 0 Å². The van der Waals surface area contributed by atoms with Gasteiger partial charge < -0.3 is 20.5 Å². The number of hydrogen-bond acceptors (Lipinski definition) is 5. The number of rotatable bonds is 6. The summed E-state index contributed by atoms with van der Waals surface area (Å²) in [5.41, 5.74) is 4.86. The molecule has 3 atom stereocenters. The summed E-state index contributed by atoms with van der Waals surface area (Å²) in [6.07, 6.45) is 0.0728. The molecular weight excluding hydrogens is 446 g/mol. The lowest BCUT2D eigenvalue weighted by Crippen LogP contribution is -2.33. The average Bonchev–Trinajstić information content (AvgIpc) is 2.96. The zero-order valence-corrected chi connectivity index (χ0v) is 18.3. The van der Waals surface area contributed by atoms with E-state index in [0.29, 0.717) is 5.56 Å². The molecule has 0 bridgehead atoms. The van der Waals surface area contributed by atoms with Gasteiger partial charge in [0.25, 0.3) is 11.8 Å². The van der Waals surface area contributed by atoms with E-state index in [-0.39, 0.29) is 16.9 Å². The van der Waals surface area contributed by atoms with Crippen molar-refractivity contribution >= 4 is 17.5 Å². The Bertz CT molecular complexity index is 1090. The quantitative estimate of drug-likeness (QED) is 0.625. The Morgan fingerprint density at radius 1 is 1.27 bits per heavy atom. The van der Waals surface area contributed by atoms with Crippen molar-refractivity contribution in [1.29, 1.82) is 0 Å². The zero-order valence-electron chi connectivity index (χ0n) is 18.3. The summed E-state index contributed by atoms with van der Waals surface area (Å²) in [6.45, 7) is 3.30. The van der Waals surface area contributed by atoms with E-state index in [9.17, 15) is 27.2 Å². The van der Waals surface area contributed by atoms with Gasteiger partial charge in [-0.1, -0.05) is 13.0 Å². The van der Waals surface area contributed by atoms with Crippen molar-refractivity contribution in [3.63, 3.8) is 0 Å². The number of nitrogens with one attached hydrogen (secondary N) is 1. The minimum absolute atomic E-state index is 0.0817. The van der Waals surface area contributed by atoms with Crippen molar-refractivity contribution < 1.29 is 36.6 Å². The molecule has 1 aromatic carbocycles. The zero-order chi connectivity index (χ0) is 24.7. The van der Waals surface area contributed by atoms with Crippen LogP contribution in [0.2, 0.25) is 0 Å². The molecule has 0 aliphatic carbocycles. The molecule has 3 N–H and O–H groups in total. The molecule has 178 valence electrons. The highest BCUT2D eigenvalue weighted by atomic mass is 19.3. The lowest BCUT2D eigenvalue weighted by molar-refractivity contribution is -0.131. The third kappa shape index (κ3) is 4.77. The molecule has 11 heteroatoms. The third-order valence-electron chi connectivity index (χ3n) is 5.91. The van der Waals surface area contributed by atoms with E-state index in [4.69, 9.17) is 10.5 Å². The highest BCUT2D eigenvalue weighted by molar-refractivity contribution is 5.98. The molecule has 33 heavy (non-hydrogen) atoms. The maximum atomic E-state index is 14.4. The van der Waals surface area contributed by atoms with Crippen molar-refractivity contribution in [3.8, 4) is 5.75 Å². The number of nitrogens with two attached hydrogens (primary N) is 1. The van der Waals surface area contributed by atoms with Gasteiger partial charge in [-0.3, -0.25) is 14.6 Å². The highest BCUT2D eigenvalue weighted by Gasteiger charge is 2.52. The van der Waals surface area contributed by atoms with Crippen LogP contribution >= 0.6 is 0 Å². The van der Waals surface area contributed by atoms with Gasteiger partial charge in [0.1, 0.15) is 11.8 Å². The minimum atomic E-state index is -3.41. The van der Waals surface area contributed by atoms with Crippen LogP contribution < -0.4 is 15.8 Å². The van der Waals surface area contributed by atoms with Crippen LogP contribution in [0.15, 0.2) is 24.4 Å². The van der Waals surface area contributed by atoms with Gasteiger partial charge in [-0.2, -0.15) is 13.2 Å². The first-order valence-electron chi connectivity index (χ1n) is 10.0. The number of primary amides is 1. The first kappa shape index (κ1) is 24.4. The van der Waals surface area contributed by atoms with Crippen LogP contribution in [-0.4, -0.2) is 35.1 Å². The number of pyridine rings is 1. The average molecular weight is 469 g/mol. The molecule has 1 aliphatic heterocycles. The number of amides is 2. The second-order valence-electron chi connectivity index (χ2n) is 8.35. The number of nitrogens with zero attached hydrogens (tertiary/aromatic N) is 1. The molecule has 0 radical (unpaired) electrons. The van der Waals surface area contributed by atoms with Gasteiger partial charge >= 0.3 is 6.61 Å². The standard InChI is InChI=1S/C22H23F4N3O4/c1-9-8-28-14(19(27)30)7-13(9)29-20(31)18-15(10(2)22(3,4)33-18)11-5-6-12(23)16(24)17(11)32-21(25)26/h5-8,10,15,18,21H,1-4H3,(H2,27,30)(H,28,29,31)/t10-,15-,18+/m1/s1. The van der Waals surface area contributed by atoms with Gasteiger partial charge in [0.15, 0.2) is 11.6 Å². The number of benzene rings is 1. The molecular formula is C22H23F4N3O4. The molecule has 2 heterocycles. The number of ether oxygens (including phenoxy) is 2. The van der Waals surface area contributed by atoms with Gasteiger partial charge in [-0.05, 0) is 44.4 Å². The van der Waals surface area contributed by atoms with Crippen LogP contribution in [0.3, 0.4) is 0 Å². The minimum Gasteiger partial charge on any atom is -0.431 e. The second kappa shape index (κ2) is 8.97. The maximum Gasteiger partial charge on any atom is 0.387 e. The number of carbonyl (C=O) groups excluding carboxylic acids is 2. The number of alkyl halides is 2. The first-order valence-corrected chi connectivity index (χ1v) is 10.0. The largest absolute Gasteiger partial charge is 0.431 e. The predicted molar refractivity (Wildman–Crippen MR) is 110 cm³/mol. The molecule has 2 aromatic rings. The van der Waals surface area contributed by atoms with E-state index in [1.807, 2.05) is 0 Å². The third-order valence-corrected chi connectivity index (χ3v) is 5.91. The Labute approximate surface area is 187 Å². The van der Waals surface area contributed by atoms with E-state index in [2.05, 4.69) is 15.0 Å². The molecule has 7 nitrogen and oxygen atoms in total. The van der Waals surface area contributed by atoms with Crippen molar-refractivity contribution in [2.24, 2.45) is 11.7 Å². The van der Waals surface area contributed by atoms with Crippen LogP contribution in [0.1, 0.15) is 48.3 Å². The molecule has 0 saturated carbocycles. The fraction of sp³-hybridized carbons (Fsp3) is 0.409. The molecule has 1 fully saturated rings. The van der Waals surface area contributed by atoms with Crippen LogP contribution in [0, 0.1) is 24.5 Å². The summed E-state index contributed by atoms with van der Waals surface area (Å²) >= 11 is 0. The normalized spacial score (nSPS) is 21.8. The highest BCUT2D eigenvalue weighted by Crippen LogP contribution is 2.49. The predicted octanol–water partition coefficient (Wildman–Crippen LogP) is 3.90. The van der Waals surface area contributed by atoms with Gasteiger partial charge in [0, 0.05) is 23.4 Å². The summed E-state index contributed by atoms with van der Waals surface area (Å²) in [4.78, 5) is 28.5. The fourth-order valence-electron chi connectivity index (χ4n) is 3.87. The van der Waals surface area contributed by atoms with Crippen LogP contribution in [0.25, 0.3) is 0 Å². The summed E-state index contributed by atoms with van der Waals surface area (Å²) in [5.74, 6) is -6.86. The van der Waals surface area contributed by atoms with Crippen LogP contribution in [-0.2, 0) is 9.53 Å². The molecule has 1 saturated heterocycles. The van der Waals surface area contributed by atoms with E-state index in [1.165, 1.54) is 12.3 Å². The van der Waals surface area contributed by atoms with E-state index < -0.39 is 59.4 Å². The van der Waals surface area contributed by atoms with Crippen molar-refractivity contribution in [2.45, 2.75) is 51.9 Å². The Morgan fingerprint density at radius 2 is 1.94 bits per heavy atom. The Balaban J connectivity index is 2.04.